The first-order chi connectivity index (χ1) is 17.0. The van der Waals surface area contributed by atoms with Crippen molar-refractivity contribution in [3.05, 3.63) is 76.3 Å². The Morgan fingerprint density at radius 2 is 1.86 bits per heavy atom. The summed E-state index contributed by atoms with van der Waals surface area (Å²) in [6.45, 7) is 0.203. The third kappa shape index (κ3) is 4.56. The van der Waals surface area contributed by atoms with Gasteiger partial charge in [0.1, 0.15) is 18.0 Å². The van der Waals surface area contributed by atoms with E-state index in [2.05, 4.69) is 5.32 Å². The normalized spacial score (nSPS) is 24.9. The van der Waals surface area contributed by atoms with Crippen LogP contribution in [0.1, 0.15) is 36.3 Å². The first-order valence-corrected chi connectivity index (χ1v) is 12.4. The van der Waals surface area contributed by atoms with Crippen molar-refractivity contribution < 1.29 is 24.5 Å². The van der Waals surface area contributed by atoms with Gasteiger partial charge < -0.3 is 25.2 Å². The molecule has 2 aliphatic carbocycles. The monoisotopic (exact) mass is 496 g/mol. The Bertz CT molecular complexity index is 1130. The lowest BCUT2D eigenvalue weighted by Gasteiger charge is -2.42. The number of fused-ring (bicyclic) bond motifs is 3. The van der Waals surface area contributed by atoms with E-state index in [1.807, 2.05) is 36.4 Å². The van der Waals surface area contributed by atoms with Gasteiger partial charge in [-0.3, -0.25) is 9.59 Å². The number of ether oxygens (including phenoxy) is 1. The number of carbonyl (C=O) groups is 2. The predicted octanol–water partition coefficient (Wildman–Crippen LogP) is 2.79. The zero-order valence-electron chi connectivity index (χ0n) is 19.3. The van der Waals surface area contributed by atoms with Crippen LogP contribution in [0.3, 0.4) is 0 Å². The number of benzene rings is 2. The van der Waals surface area contributed by atoms with E-state index in [1.165, 1.54) is 0 Å². The fraction of sp³-hybridized carbons (Fsp3) is 0.407. The van der Waals surface area contributed by atoms with Crippen molar-refractivity contribution in [3.8, 4) is 5.75 Å². The van der Waals surface area contributed by atoms with Gasteiger partial charge in [0, 0.05) is 35.2 Å². The summed E-state index contributed by atoms with van der Waals surface area (Å²) in [5.74, 6) is -0.302. The average molecular weight is 497 g/mol. The van der Waals surface area contributed by atoms with E-state index in [9.17, 15) is 19.8 Å². The molecule has 2 aromatic rings. The maximum absolute atomic E-state index is 13.6. The number of nitrogens with one attached hydrogen (secondary N) is 1. The summed E-state index contributed by atoms with van der Waals surface area (Å²) in [7, 11) is 0. The predicted molar refractivity (Wildman–Crippen MR) is 131 cm³/mol. The third-order valence-electron chi connectivity index (χ3n) is 7.24. The standard InChI is InChI=1S/C27H29ClN2O5/c28-18-10-8-16(9-11-18)15-30(27(34)17-4-3-5-17)21-14-20(26(33)29-12-13-31)23-19-6-1-2-7-22(19)35-25(23)24(21)32/h1-2,6-11,14,17,21,23-25,31-32H,3-5,12-13,15H2,(H,29,33). The SMILES string of the molecule is O=C(NCCO)C1=CC(N(Cc2ccc(Cl)cc2)C(=O)C2CCC2)C(O)C2Oc3ccccc3C12. The van der Waals surface area contributed by atoms with Gasteiger partial charge in [0.25, 0.3) is 0 Å². The summed E-state index contributed by atoms with van der Waals surface area (Å²) in [5, 5.41) is 24.1. The molecular weight excluding hydrogens is 468 g/mol. The highest BCUT2D eigenvalue weighted by Crippen LogP contribution is 2.47. The fourth-order valence-electron chi connectivity index (χ4n) is 5.20. The number of halogens is 1. The van der Waals surface area contributed by atoms with Crippen LogP contribution in [0, 0.1) is 5.92 Å². The number of aliphatic hydroxyl groups is 2. The van der Waals surface area contributed by atoms with Crippen molar-refractivity contribution >= 4 is 23.4 Å². The first-order valence-electron chi connectivity index (χ1n) is 12.1. The van der Waals surface area contributed by atoms with Crippen molar-refractivity contribution in [3.63, 3.8) is 0 Å². The van der Waals surface area contributed by atoms with Crippen LogP contribution in [-0.4, -0.2) is 58.3 Å². The highest BCUT2D eigenvalue weighted by molar-refractivity contribution is 6.30. The molecule has 0 radical (unpaired) electrons. The Kier molecular flexibility index (Phi) is 6.82. The molecule has 184 valence electrons. The number of para-hydroxylation sites is 1. The van der Waals surface area contributed by atoms with Crippen molar-refractivity contribution in [2.45, 2.75) is 50.0 Å². The molecule has 0 spiro atoms. The minimum absolute atomic E-state index is 0.0319. The van der Waals surface area contributed by atoms with E-state index in [0.29, 0.717) is 16.3 Å². The number of hydrogen-bond acceptors (Lipinski definition) is 5. The molecule has 8 heteroatoms. The molecule has 1 aliphatic heterocycles. The highest BCUT2D eigenvalue weighted by atomic mass is 35.5. The van der Waals surface area contributed by atoms with Gasteiger partial charge >= 0.3 is 0 Å². The zero-order valence-corrected chi connectivity index (χ0v) is 20.0. The maximum atomic E-state index is 13.6. The zero-order chi connectivity index (χ0) is 24.5. The molecule has 4 atom stereocenters. The summed E-state index contributed by atoms with van der Waals surface area (Å²) in [5.41, 5.74) is 2.15. The molecule has 5 rings (SSSR count). The van der Waals surface area contributed by atoms with Crippen molar-refractivity contribution in [1.29, 1.82) is 0 Å². The van der Waals surface area contributed by atoms with Crippen LogP contribution in [0.2, 0.25) is 5.02 Å². The summed E-state index contributed by atoms with van der Waals surface area (Å²) in [6.07, 6.45) is 2.63. The highest BCUT2D eigenvalue weighted by Gasteiger charge is 2.51. The van der Waals surface area contributed by atoms with E-state index < -0.39 is 24.2 Å². The first kappa shape index (κ1) is 23.9. The second-order valence-corrected chi connectivity index (χ2v) is 9.84. The van der Waals surface area contributed by atoms with Crippen molar-refractivity contribution in [2.75, 3.05) is 13.2 Å². The minimum Gasteiger partial charge on any atom is -0.486 e. The second-order valence-electron chi connectivity index (χ2n) is 9.40. The summed E-state index contributed by atoms with van der Waals surface area (Å²) in [4.78, 5) is 28.5. The number of rotatable bonds is 7. The van der Waals surface area contributed by atoms with E-state index >= 15 is 0 Å². The van der Waals surface area contributed by atoms with Gasteiger partial charge in [-0.25, -0.2) is 0 Å². The van der Waals surface area contributed by atoms with Crippen molar-refractivity contribution in [2.24, 2.45) is 5.92 Å². The molecule has 0 bridgehead atoms. The molecule has 7 nitrogen and oxygen atoms in total. The molecule has 1 heterocycles. The van der Waals surface area contributed by atoms with Crippen LogP contribution >= 0.6 is 11.6 Å². The molecule has 2 amide bonds. The molecule has 3 aliphatic rings. The largest absolute Gasteiger partial charge is 0.486 e. The lowest BCUT2D eigenvalue weighted by Crippen LogP contribution is -2.56. The maximum Gasteiger partial charge on any atom is 0.247 e. The van der Waals surface area contributed by atoms with Crippen LogP contribution in [-0.2, 0) is 16.1 Å². The summed E-state index contributed by atoms with van der Waals surface area (Å²) in [6, 6.07) is 14.0. The van der Waals surface area contributed by atoms with Gasteiger partial charge in [-0.05, 0) is 42.7 Å². The number of nitrogens with zero attached hydrogens (tertiary/aromatic N) is 1. The van der Waals surface area contributed by atoms with Crippen LogP contribution in [0.15, 0.2) is 60.2 Å². The molecule has 0 aromatic heterocycles. The quantitative estimate of drug-likeness (QED) is 0.547. The van der Waals surface area contributed by atoms with Crippen LogP contribution in [0.25, 0.3) is 0 Å². The summed E-state index contributed by atoms with van der Waals surface area (Å²) >= 11 is 6.06. The van der Waals surface area contributed by atoms with Crippen LogP contribution in [0.5, 0.6) is 5.75 Å². The molecule has 3 N–H and O–H groups in total. The molecule has 1 saturated carbocycles. The molecule has 1 fully saturated rings. The Morgan fingerprint density at radius 3 is 2.54 bits per heavy atom. The van der Waals surface area contributed by atoms with E-state index in [0.717, 1.165) is 30.4 Å². The van der Waals surface area contributed by atoms with Gasteiger partial charge in [-0.2, -0.15) is 0 Å². The van der Waals surface area contributed by atoms with E-state index in [-0.39, 0.29) is 37.4 Å². The molecule has 4 unspecified atom stereocenters. The molecular formula is C27H29ClN2O5. The topological polar surface area (TPSA) is 99.1 Å². The molecule has 2 aromatic carbocycles. The Balaban J connectivity index is 1.54. The number of aliphatic hydroxyl groups excluding tert-OH is 2. The Hall–Kier alpha value is -2.87. The average Bonchev–Trinajstić information content (AvgIpc) is 3.22. The number of amides is 2. The van der Waals surface area contributed by atoms with Gasteiger partial charge in [0.05, 0.1) is 18.6 Å². The fourth-order valence-corrected chi connectivity index (χ4v) is 5.32. The van der Waals surface area contributed by atoms with Gasteiger partial charge in [0.15, 0.2) is 0 Å². The lowest BCUT2D eigenvalue weighted by molar-refractivity contribution is -0.144. The second kappa shape index (κ2) is 10.0. The van der Waals surface area contributed by atoms with E-state index in [4.69, 9.17) is 16.3 Å². The van der Waals surface area contributed by atoms with Crippen molar-refractivity contribution in [1.82, 2.24) is 10.2 Å². The Labute approximate surface area is 209 Å². The number of carbonyl (C=O) groups excluding carboxylic acids is 2. The minimum atomic E-state index is -1.03. The van der Waals surface area contributed by atoms with Crippen LogP contribution in [0.4, 0.5) is 0 Å². The third-order valence-corrected chi connectivity index (χ3v) is 7.49. The molecule has 35 heavy (non-hydrogen) atoms. The lowest BCUT2D eigenvalue weighted by atomic mass is 9.76. The summed E-state index contributed by atoms with van der Waals surface area (Å²) < 4.78 is 6.16. The smallest absolute Gasteiger partial charge is 0.247 e. The Morgan fingerprint density at radius 1 is 1.11 bits per heavy atom. The van der Waals surface area contributed by atoms with Crippen LogP contribution < -0.4 is 10.1 Å². The van der Waals surface area contributed by atoms with Gasteiger partial charge in [-0.15, -0.1) is 0 Å². The van der Waals surface area contributed by atoms with Gasteiger partial charge in [0.2, 0.25) is 11.8 Å². The molecule has 0 saturated heterocycles. The number of hydrogen-bond donors (Lipinski definition) is 3. The van der Waals surface area contributed by atoms with E-state index in [1.54, 1.807) is 23.1 Å². The van der Waals surface area contributed by atoms with Gasteiger partial charge in [-0.1, -0.05) is 48.4 Å².